The monoisotopic (exact) mass is 365 g/mol. The summed E-state index contributed by atoms with van der Waals surface area (Å²) in [5, 5.41) is 5.21. The van der Waals surface area contributed by atoms with Crippen molar-refractivity contribution in [2.75, 3.05) is 6.61 Å². The van der Waals surface area contributed by atoms with Crippen molar-refractivity contribution >= 4 is 57.7 Å². The maximum Gasteiger partial charge on any atom is 0.341 e. The average Bonchev–Trinajstić information content (AvgIpc) is 3.06. The van der Waals surface area contributed by atoms with E-state index >= 15 is 0 Å². The number of hydrogen-bond acceptors (Lipinski definition) is 7. The van der Waals surface area contributed by atoms with E-state index in [0.29, 0.717) is 10.6 Å². The van der Waals surface area contributed by atoms with Crippen molar-refractivity contribution in [1.82, 2.24) is 10.6 Å². The number of nitrogens with one attached hydrogen (secondary N) is 2. The average molecular weight is 365 g/mol. The van der Waals surface area contributed by atoms with Crippen LogP contribution in [0.3, 0.4) is 0 Å². The molecule has 1 saturated heterocycles. The zero-order valence-electron chi connectivity index (χ0n) is 12.9. The van der Waals surface area contributed by atoms with E-state index in [9.17, 15) is 14.4 Å². The molecule has 0 radical (unpaired) electrons. The van der Waals surface area contributed by atoms with Gasteiger partial charge < -0.3 is 15.4 Å². The smallest absolute Gasteiger partial charge is 0.341 e. The quantitative estimate of drug-likeness (QED) is 0.362. The molecule has 1 aromatic rings. The number of esters is 1. The van der Waals surface area contributed by atoms with E-state index in [0.717, 1.165) is 29.7 Å². The van der Waals surface area contributed by atoms with Gasteiger partial charge in [0, 0.05) is 11.1 Å². The number of thiocarbonyl (C=S) groups is 1. The fourth-order valence-corrected chi connectivity index (χ4v) is 4.13. The van der Waals surface area contributed by atoms with Gasteiger partial charge in [0.15, 0.2) is 11.0 Å². The van der Waals surface area contributed by atoms with Gasteiger partial charge in [0.25, 0.3) is 0 Å². The van der Waals surface area contributed by atoms with E-state index in [1.54, 1.807) is 6.92 Å². The van der Waals surface area contributed by atoms with Crippen LogP contribution in [0, 0.1) is 5.92 Å². The first-order chi connectivity index (χ1) is 11.5. The molecule has 1 aromatic heterocycles. The number of thiophene rings is 1. The van der Waals surface area contributed by atoms with Gasteiger partial charge in [0.1, 0.15) is 5.00 Å². The highest BCUT2D eigenvalue weighted by Gasteiger charge is 2.32. The lowest BCUT2D eigenvalue weighted by Gasteiger charge is -2.19. The van der Waals surface area contributed by atoms with Gasteiger partial charge in [-0.25, -0.2) is 9.79 Å². The first-order valence-electron chi connectivity index (χ1n) is 7.52. The third kappa shape index (κ3) is 3.09. The molecule has 0 atom stereocenters. The van der Waals surface area contributed by atoms with E-state index in [4.69, 9.17) is 17.0 Å². The molecular weight excluding hydrogens is 350 g/mol. The minimum absolute atomic E-state index is 0.0167. The molecule has 9 heteroatoms. The Hall–Kier alpha value is -2.13. The fraction of sp³-hybridized carbons (Fsp3) is 0.400. The van der Waals surface area contributed by atoms with Crippen LogP contribution in [0.25, 0.3) is 0 Å². The van der Waals surface area contributed by atoms with Gasteiger partial charge in [-0.1, -0.05) is 0 Å². The molecule has 0 saturated carbocycles. The van der Waals surface area contributed by atoms with Gasteiger partial charge in [-0.05, 0) is 44.0 Å². The summed E-state index contributed by atoms with van der Waals surface area (Å²) in [5.74, 6) is -2.56. The van der Waals surface area contributed by atoms with E-state index in [1.807, 2.05) is 0 Å². The second-order valence-electron chi connectivity index (χ2n) is 5.32. The van der Waals surface area contributed by atoms with Crippen molar-refractivity contribution in [2.45, 2.75) is 26.2 Å². The van der Waals surface area contributed by atoms with Crippen molar-refractivity contribution < 1.29 is 19.1 Å². The number of nitrogens with zero attached hydrogens (tertiary/aromatic N) is 1. The molecule has 1 aliphatic carbocycles. The first kappa shape index (κ1) is 16.7. The third-order valence-electron chi connectivity index (χ3n) is 3.76. The topological polar surface area (TPSA) is 96.9 Å². The molecule has 0 aromatic carbocycles. The molecule has 126 valence electrons. The summed E-state index contributed by atoms with van der Waals surface area (Å²) in [6, 6.07) is 0. The van der Waals surface area contributed by atoms with Gasteiger partial charge in [-0.15, -0.1) is 11.3 Å². The number of fused-ring (bicyclic) bond motifs is 1. The Morgan fingerprint density at radius 3 is 2.75 bits per heavy atom. The van der Waals surface area contributed by atoms with Gasteiger partial charge in [0.2, 0.25) is 11.8 Å². The number of rotatable bonds is 4. The second-order valence-corrected chi connectivity index (χ2v) is 6.81. The Balaban J connectivity index is 1.90. The van der Waals surface area contributed by atoms with Crippen LogP contribution in [-0.4, -0.2) is 35.7 Å². The van der Waals surface area contributed by atoms with Crippen LogP contribution in [0.1, 0.15) is 34.1 Å². The molecule has 0 bridgehead atoms. The molecule has 2 N–H and O–H groups in total. The zero-order valence-corrected chi connectivity index (χ0v) is 14.5. The molecule has 7 nitrogen and oxygen atoms in total. The molecule has 0 unspecified atom stereocenters. The number of carbonyl (C=O) groups is 3. The zero-order chi connectivity index (χ0) is 17.3. The van der Waals surface area contributed by atoms with E-state index in [2.05, 4.69) is 15.6 Å². The summed E-state index contributed by atoms with van der Waals surface area (Å²) in [4.78, 5) is 41.3. The molecule has 2 amide bonds. The number of amides is 2. The number of hydrogen-bond donors (Lipinski definition) is 2. The summed E-state index contributed by atoms with van der Waals surface area (Å²) in [6.45, 7) is 2.02. The highest BCUT2D eigenvalue weighted by Crippen LogP contribution is 2.41. The standard InChI is InChI=1S/C15H15N3O4S2/c1-2-22-14(21)10-7-4-3-5-9(7)24-13(10)16-6-8-11(19)17-15(23)18-12(8)20/h6,8H,2-5H2,1H3,(H2,17,18,19,20,23). The highest BCUT2D eigenvalue weighted by atomic mass is 32.1. The van der Waals surface area contributed by atoms with Crippen LogP contribution in [-0.2, 0) is 27.2 Å². The van der Waals surface area contributed by atoms with Crippen LogP contribution >= 0.6 is 23.6 Å². The summed E-state index contributed by atoms with van der Waals surface area (Å²) < 4.78 is 5.12. The lowest BCUT2D eigenvalue weighted by Crippen LogP contribution is -2.56. The van der Waals surface area contributed by atoms with Crippen LogP contribution in [0.2, 0.25) is 0 Å². The van der Waals surface area contributed by atoms with Crippen LogP contribution in [0.15, 0.2) is 4.99 Å². The normalized spacial score (nSPS) is 17.8. The Morgan fingerprint density at radius 2 is 2.08 bits per heavy atom. The summed E-state index contributed by atoms with van der Waals surface area (Å²) >= 11 is 6.16. The Labute approximate surface area is 147 Å². The first-order valence-corrected chi connectivity index (χ1v) is 8.75. The minimum Gasteiger partial charge on any atom is -0.462 e. The molecule has 3 rings (SSSR count). The SMILES string of the molecule is CCOC(=O)c1c(N=CC2C(=O)NC(=S)NC2=O)sc2c1CCC2. The van der Waals surface area contributed by atoms with Crippen molar-refractivity contribution in [2.24, 2.45) is 10.9 Å². The molecular formula is C15H15N3O4S2. The van der Waals surface area contributed by atoms with Gasteiger partial charge in [-0.2, -0.15) is 0 Å². The third-order valence-corrected chi connectivity index (χ3v) is 5.17. The van der Waals surface area contributed by atoms with Crippen LogP contribution in [0.4, 0.5) is 5.00 Å². The molecule has 24 heavy (non-hydrogen) atoms. The Bertz CT molecular complexity index is 749. The number of aryl methyl sites for hydroxylation is 1. The lowest BCUT2D eigenvalue weighted by molar-refractivity contribution is -0.131. The van der Waals surface area contributed by atoms with E-state index < -0.39 is 23.7 Å². The second kappa shape index (κ2) is 6.78. The van der Waals surface area contributed by atoms with Crippen molar-refractivity contribution in [3.05, 3.63) is 16.0 Å². The van der Waals surface area contributed by atoms with E-state index in [-0.39, 0.29) is 11.7 Å². The molecule has 0 spiro atoms. The fourth-order valence-electron chi connectivity index (χ4n) is 2.70. The predicted octanol–water partition coefficient (Wildman–Crippen LogP) is 1.26. The molecule has 1 aliphatic heterocycles. The number of aliphatic imine (C=N–C) groups is 1. The lowest BCUT2D eigenvalue weighted by atomic mass is 10.1. The van der Waals surface area contributed by atoms with Crippen LogP contribution in [0.5, 0.6) is 0 Å². The highest BCUT2D eigenvalue weighted by molar-refractivity contribution is 7.80. The number of carbonyl (C=O) groups excluding carboxylic acids is 3. The van der Waals surface area contributed by atoms with E-state index in [1.165, 1.54) is 17.6 Å². The van der Waals surface area contributed by atoms with Gasteiger partial charge in [-0.3, -0.25) is 9.59 Å². The van der Waals surface area contributed by atoms with Gasteiger partial charge >= 0.3 is 5.97 Å². The largest absolute Gasteiger partial charge is 0.462 e. The summed E-state index contributed by atoms with van der Waals surface area (Å²) in [5.41, 5.74) is 1.43. The summed E-state index contributed by atoms with van der Waals surface area (Å²) in [6.07, 6.45) is 3.97. The maximum atomic E-state index is 12.2. The van der Waals surface area contributed by atoms with Crippen molar-refractivity contribution in [1.29, 1.82) is 0 Å². The maximum absolute atomic E-state index is 12.2. The van der Waals surface area contributed by atoms with Crippen molar-refractivity contribution in [3.63, 3.8) is 0 Å². The van der Waals surface area contributed by atoms with Crippen molar-refractivity contribution in [3.8, 4) is 0 Å². The molecule has 2 heterocycles. The predicted molar refractivity (Wildman–Crippen MR) is 92.8 cm³/mol. The van der Waals surface area contributed by atoms with Gasteiger partial charge in [0.05, 0.1) is 12.2 Å². The minimum atomic E-state index is -1.08. The Morgan fingerprint density at radius 1 is 1.38 bits per heavy atom. The number of ether oxygens (including phenoxy) is 1. The Kier molecular flexibility index (Phi) is 4.72. The molecule has 1 fully saturated rings. The summed E-state index contributed by atoms with van der Waals surface area (Å²) in [7, 11) is 0. The molecule has 2 aliphatic rings. The van der Waals surface area contributed by atoms with Crippen LogP contribution < -0.4 is 10.6 Å².